The van der Waals surface area contributed by atoms with Crippen LogP contribution in [0.4, 0.5) is 9.52 Å². The van der Waals surface area contributed by atoms with Crippen LogP contribution in [0.25, 0.3) is 0 Å². The standard InChI is InChI=1S/C6H6FN4O2S/c7-1-2-13-10-4(3-12)5-9-6(8)14-11-5/h1-2H2,(H2,8,9,11)/b10-4+. The number of hydrogen-bond donors (Lipinski definition) is 1. The third-order valence-corrected chi connectivity index (χ3v) is 1.62. The zero-order chi connectivity index (χ0) is 10.4. The molecule has 0 aliphatic heterocycles. The van der Waals surface area contributed by atoms with Gasteiger partial charge in [-0.1, -0.05) is 5.16 Å². The van der Waals surface area contributed by atoms with Gasteiger partial charge in [-0.2, -0.15) is 9.36 Å². The first-order valence-electron chi connectivity index (χ1n) is 3.51. The van der Waals surface area contributed by atoms with Gasteiger partial charge in [0, 0.05) is 11.5 Å². The summed E-state index contributed by atoms with van der Waals surface area (Å²) in [6.07, 6.45) is 1.47. The molecule has 8 heteroatoms. The van der Waals surface area contributed by atoms with E-state index >= 15 is 0 Å². The van der Waals surface area contributed by atoms with Gasteiger partial charge in [0.15, 0.2) is 10.8 Å². The number of carbonyl (C=O) groups excluding carboxylic acids is 1. The van der Waals surface area contributed by atoms with E-state index in [-0.39, 0.29) is 23.3 Å². The molecule has 0 saturated carbocycles. The quantitative estimate of drug-likeness (QED) is 0.423. The fourth-order valence-electron chi connectivity index (χ4n) is 0.581. The normalized spacial score (nSPS) is 11.4. The van der Waals surface area contributed by atoms with Gasteiger partial charge >= 0.3 is 0 Å². The van der Waals surface area contributed by atoms with Crippen LogP contribution in [-0.2, 0) is 9.63 Å². The largest absolute Gasteiger partial charge is 0.392 e. The number of nitrogen functional groups attached to an aromatic ring is 1. The number of aromatic nitrogens is 2. The van der Waals surface area contributed by atoms with E-state index in [1.165, 1.54) is 6.29 Å². The number of halogens is 1. The third-order valence-electron chi connectivity index (χ3n) is 1.07. The van der Waals surface area contributed by atoms with Crippen molar-refractivity contribution in [3.8, 4) is 0 Å². The fourth-order valence-corrected chi connectivity index (χ4v) is 1.02. The predicted octanol–water partition coefficient (Wildman–Crippen LogP) is -0.0798. The van der Waals surface area contributed by atoms with Crippen molar-refractivity contribution >= 4 is 28.7 Å². The lowest BCUT2D eigenvalue weighted by molar-refractivity contribution is 0.128. The van der Waals surface area contributed by atoms with Crippen LogP contribution in [0.2, 0.25) is 0 Å². The fraction of sp³-hybridized carbons (Fsp3) is 0.333. The molecule has 0 aromatic carbocycles. The Bertz CT molecular complexity index is 340. The van der Waals surface area contributed by atoms with Crippen molar-refractivity contribution in [1.29, 1.82) is 0 Å². The zero-order valence-electron chi connectivity index (χ0n) is 6.94. The van der Waals surface area contributed by atoms with Crippen molar-refractivity contribution in [3.05, 3.63) is 5.82 Å². The van der Waals surface area contributed by atoms with Gasteiger partial charge in [-0.15, -0.1) is 0 Å². The van der Waals surface area contributed by atoms with Gasteiger partial charge in [-0.3, -0.25) is 4.79 Å². The van der Waals surface area contributed by atoms with E-state index in [4.69, 9.17) is 5.73 Å². The first kappa shape index (κ1) is 10.5. The molecule has 0 spiro atoms. The second-order valence-electron chi connectivity index (χ2n) is 2.02. The predicted molar refractivity (Wildman–Crippen MR) is 48.5 cm³/mol. The Kier molecular flexibility index (Phi) is 3.92. The second-order valence-corrected chi connectivity index (χ2v) is 2.80. The smallest absolute Gasteiger partial charge is 0.261 e. The van der Waals surface area contributed by atoms with Gasteiger partial charge in [0.1, 0.15) is 13.3 Å². The Labute approximate surface area is 82.7 Å². The van der Waals surface area contributed by atoms with Crippen LogP contribution >= 0.6 is 11.5 Å². The Morgan fingerprint density at radius 3 is 3.07 bits per heavy atom. The molecule has 0 aliphatic rings. The number of oxime groups is 1. The number of rotatable bonds is 5. The SMILES string of the molecule is Nc1nc(/C([C]=O)=N/OCCF)ns1. The van der Waals surface area contributed by atoms with E-state index in [0.717, 1.165) is 11.5 Å². The van der Waals surface area contributed by atoms with E-state index in [2.05, 4.69) is 19.4 Å². The van der Waals surface area contributed by atoms with Gasteiger partial charge in [0.05, 0.1) is 0 Å². The second kappa shape index (κ2) is 5.22. The van der Waals surface area contributed by atoms with Crippen LogP contribution in [0.5, 0.6) is 0 Å². The lowest BCUT2D eigenvalue weighted by Crippen LogP contribution is -2.06. The highest BCUT2D eigenvalue weighted by atomic mass is 32.1. The van der Waals surface area contributed by atoms with Gasteiger partial charge in [-0.25, -0.2) is 4.39 Å². The highest BCUT2D eigenvalue weighted by Gasteiger charge is 2.10. The molecule has 0 fully saturated rings. The molecule has 1 aromatic heterocycles. The molecule has 1 heterocycles. The summed E-state index contributed by atoms with van der Waals surface area (Å²) in [6.45, 7) is -0.924. The molecule has 14 heavy (non-hydrogen) atoms. The topological polar surface area (TPSA) is 90.5 Å². The molecular formula is C6H6FN4O2S. The molecule has 1 radical (unpaired) electrons. The Morgan fingerprint density at radius 2 is 2.57 bits per heavy atom. The highest BCUT2D eigenvalue weighted by molar-refractivity contribution is 7.09. The summed E-state index contributed by atoms with van der Waals surface area (Å²) in [7, 11) is 0. The first-order valence-corrected chi connectivity index (χ1v) is 4.29. The summed E-state index contributed by atoms with van der Waals surface area (Å²) < 4.78 is 15.3. The molecule has 2 N–H and O–H groups in total. The van der Waals surface area contributed by atoms with Crippen LogP contribution in [0.1, 0.15) is 5.82 Å². The molecule has 0 unspecified atom stereocenters. The number of anilines is 1. The minimum absolute atomic E-state index is 0.0290. The van der Waals surface area contributed by atoms with Crippen molar-refractivity contribution in [2.75, 3.05) is 19.0 Å². The monoisotopic (exact) mass is 217 g/mol. The summed E-state index contributed by atoms with van der Waals surface area (Å²) in [6, 6.07) is 0. The van der Waals surface area contributed by atoms with E-state index in [9.17, 15) is 9.18 Å². The maximum absolute atomic E-state index is 11.6. The van der Waals surface area contributed by atoms with Gasteiger partial charge in [0.25, 0.3) is 6.29 Å². The average Bonchev–Trinajstić information content (AvgIpc) is 2.60. The van der Waals surface area contributed by atoms with Crippen molar-refractivity contribution in [1.82, 2.24) is 9.36 Å². The van der Waals surface area contributed by atoms with Gasteiger partial charge in [-0.05, 0) is 0 Å². The van der Waals surface area contributed by atoms with Crippen molar-refractivity contribution in [2.24, 2.45) is 5.16 Å². The molecule has 0 aliphatic carbocycles. The molecule has 0 bridgehead atoms. The average molecular weight is 217 g/mol. The lowest BCUT2D eigenvalue weighted by Gasteiger charge is -1.93. The molecule has 0 atom stereocenters. The van der Waals surface area contributed by atoms with Gasteiger partial charge in [0.2, 0.25) is 5.82 Å². The lowest BCUT2D eigenvalue weighted by atomic mass is 10.4. The van der Waals surface area contributed by atoms with E-state index in [1.54, 1.807) is 0 Å². The van der Waals surface area contributed by atoms with Crippen molar-refractivity contribution < 1.29 is 14.0 Å². The first-order chi connectivity index (χ1) is 6.77. The van der Waals surface area contributed by atoms with E-state index in [0.29, 0.717) is 0 Å². The molecule has 0 amide bonds. The van der Waals surface area contributed by atoms with Crippen LogP contribution < -0.4 is 5.73 Å². The molecule has 1 rings (SSSR count). The number of alkyl halides is 1. The minimum Gasteiger partial charge on any atom is -0.392 e. The van der Waals surface area contributed by atoms with Crippen molar-refractivity contribution in [2.45, 2.75) is 0 Å². The van der Waals surface area contributed by atoms with E-state index < -0.39 is 6.67 Å². The van der Waals surface area contributed by atoms with Crippen LogP contribution in [0.3, 0.4) is 0 Å². The summed E-state index contributed by atoms with van der Waals surface area (Å²) in [5.41, 5.74) is 5.06. The Balaban J connectivity index is 2.71. The molecular weight excluding hydrogens is 211 g/mol. The molecule has 75 valence electrons. The Hall–Kier alpha value is -1.57. The Morgan fingerprint density at radius 1 is 1.79 bits per heavy atom. The maximum atomic E-state index is 11.6. The van der Waals surface area contributed by atoms with Crippen molar-refractivity contribution in [3.63, 3.8) is 0 Å². The summed E-state index contributed by atoms with van der Waals surface area (Å²) >= 11 is 0.915. The summed E-state index contributed by atoms with van der Waals surface area (Å²) in [5.74, 6) is 0.0290. The highest BCUT2D eigenvalue weighted by Crippen LogP contribution is 2.05. The third kappa shape index (κ3) is 2.73. The number of hydrogen-bond acceptors (Lipinski definition) is 7. The van der Waals surface area contributed by atoms with Crippen LogP contribution in [-0.4, -0.2) is 34.6 Å². The molecule has 6 nitrogen and oxygen atoms in total. The molecule has 0 saturated heterocycles. The summed E-state index contributed by atoms with van der Waals surface area (Å²) in [5, 5.41) is 3.50. The number of nitrogens with two attached hydrogens (primary N) is 1. The summed E-state index contributed by atoms with van der Waals surface area (Å²) in [4.78, 5) is 18.5. The minimum atomic E-state index is -0.692. The zero-order valence-corrected chi connectivity index (χ0v) is 7.75. The maximum Gasteiger partial charge on any atom is 0.261 e. The van der Waals surface area contributed by atoms with Crippen LogP contribution in [0, 0.1) is 0 Å². The molecule has 1 aromatic rings. The van der Waals surface area contributed by atoms with Crippen LogP contribution in [0.15, 0.2) is 5.16 Å². The van der Waals surface area contributed by atoms with E-state index in [1.807, 2.05) is 0 Å². The van der Waals surface area contributed by atoms with Gasteiger partial charge < -0.3 is 10.6 Å². The number of nitrogens with zero attached hydrogens (tertiary/aromatic N) is 3.